The zero-order valence-corrected chi connectivity index (χ0v) is 9.43. The van der Waals surface area contributed by atoms with E-state index in [-0.39, 0.29) is 5.38 Å². The van der Waals surface area contributed by atoms with E-state index in [1.807, 2.05) is 0 Å². The molecule has 0 N–H and O–H groups in total. The monoisotopic (exact) mass is 208 g/mol. The Balaban J connectivity index is 2.07. The first kappa shape index (κ1) is 10.0. The summed E-state index contributed by atoms with van der Waals surface area (Å²) in [5.74, 6) is 0.726. The van der Waals surface area contributed by atoms with Crippen LogP contribution in [0.1, 0.15) is 42.7 Å². The highest BCUT2D eigenvalue weighted by Crippen LogP contribution is 2.41. The molecule has 14 heavy (non-hydrogen) atoms. The van der Waals surface area contributed by atoms with Gasteiger partial charge in [-0.2, -0.15) is 0 Å². The van der Waals surface area contributed by atoms with Crippen LogP contribution in [0.4, 0.5) is 0 Å². The Morgan fingerprint density at radius 1 is 1.29 bits per heavy atom. The van der Waals surface area contributed by atoms with Crippen LogP contribution < -0.4 is 0 Å². The summed E-state index contributed by atoms with van der Waals surface area (Å²) in [6, 6.07) is 8.77. The number of hydrogen-bond donors (Lipinski definition) is 0. The van der Waals surface area contributed by atoms with Crippen molar-refractivity contribution in [2.24, 2.45) is 5.92 Å². The van der Waals surface area contributed by atoms with Gasteiger partial charge in [-0.25, -0.2) is 0 Å². The van der Waals surface area contributed by atoms with E-state index in [4.69, 9.17) is 11.6 Å². The predicted octanol–water partition coefficient (Wildman–Crippen LogP) is 4.33. The van der Waals surface area contributed by atoms with Gasteiger partial charge >= 0.3 is 0 Å². The van der Waals surface area contributed by atoms with E-state index in [9.17, 15) is 0 Å². The van der Waals surface area contributed by atoms with Crippen LogP contribution in [-0.2, 0) is 6.42 Å². The number of halogens is 1. The summed E-state index contributed by atoms with van der Waals surface area (Å²) < 4.78 is 0. The highest BCUT2D eigenvalue weighted by Gasteiger charge is 2.26. The van der Waals surface area contributed by atoms with Gasteiger partial charge in [0.25, 0.3) is 0 Å². The van der Waals surface area contributed by atoms with Crippen LogP contribution in [0.3, 0.4) is 0 Å². The quantitative estimate of drug-likeness (QED) is 0.649. The van der Waals surface area contributed by atoms with Gasteiger partial charge in [0.15, 0.2) is 0 Å². The number of aryl methyl sites for hydroxylation is 1. The summed E-state index contributed by atoms with van der Waals surface area (Å²) in [6.07, 6.45) is 5.09. The lowest BCUT2D eigenvalue weighted by atomic mass is 9.80. The minimum atomic E-state index is 0.245. The van der Waals surface area contributed by atoms with Gasteiger partial charge in [0.2, 0.25) is 0 Å². The van der Waals surface area contributed by atoms with Gasteiger partial charge in [-0.1, -0.05) is 37.6 Å². The summed E-state index contributed by atoms with van der Waals surface area (Å²) in [5.41, 5.74) is 2.69. The third kappa shape index (κ3) is 1.95. The van der Waals surface area contributed by atoms with Crippen LogP contribution in [0.5, 0.6) is 0 Å². The van der Waals surface area contributed by atoms with Crippen molar-refractivity contribution < 1.29 is 0 Å². The number of hydrogen-bond acceptors (Lipinski definition) is 0. The van der Waals surface area contributed by atoms with Gasteiger partial charge in [0, 0.05) is 0 Å². The Morgan fingerprint density at radius 2 is 1.93 bits per heavy atom. The average molecular weight is 209 g/mol. The van der Waals surface area contributed by atoms with Crippen LogP contribution >= 0.6 is 11.6 Å². The van der Waals surface area contributed by atoms with Gasteiger partial charge < -0.3 is 0 Å². The molecule has 1 heteroatoms. The van der Waals surface area contributed by atoms with E-state index >= 15 is 0 Å². The molecule has 2 rings (SSSR count). The molecule has 0 saturated heterocycles. The van der Waals surface area contributed by atoms with Gasteiger partial charge in [-0.05, 0) is 36.3 Å². The molecule has 1 aromatic rings. The first-order valence-corrected chi connectivity index (χ1v) is 5.98. The smallest absolute Gasteiger partial charge is 0.0613 e. The first-order valence-electron chi connectivity index (χ1n) is 5.54. The molecule has 0 nitrogen and oxygen atoms in total. The van der Waals surface area contributed by atoms with E-state index in [1.165, 1.54) is 30.4 Å². The topological polar surface area (TPSA) is 0 Å². The van der Waals surface area contributed by atoms with Crippen LogP contribution in [0.2, 0.25) is 0 Å². The molecule has 1 aromatic carbocycles. The fourth-order valence-corrected chi connectivity index (χ4v) is 2.34. The zero-order chi connectivity index (χ0) is 9.97. The van der Waals surface area contributed by atoms with Crippen molar-refractivity contribution in [1.82, 2.24) is 0 Å². The van der Waals surface area contributed by atoms with E-state index < -0.39 is 0 Å². The Hall–Kier alpha value is -0.490. The number of benzene rings is 1. The van der Waals surface area contributed by atoms with Crippen molar-refractivity contribution in [3.8, 4) is 0 Å². The van der Waals surface area contributed by atoms with Crippen LogP contribution in [0.25, 0.3) is 0 Å². The van der Waals surface area contributed by atoms with Crippen molar-refractivity contribution in [3.05, 3.63) is 35.4 Å². The Morgan fingerprint density at radius 3 is 2.36 bits per heavy atom. The van der Waals surface area contributed by atoms with Gasteiger partial charge in [-0.3, -0.25) is 0 Å². The highest BCUT2D eigenvalue weighted by molar-refractivity contribution is 6.21. The van der Waals surface area contributed by atoms with Crippen molar-refractivity contribution in [1.29, 1.82) is 0 Å². The maximum absolute atomic E-state index is 6.40. The van der Waals surface area contributed by atoms with Crippen LogP contribution in [0, 0.1) is 5.92 Å². The second-order valence-electron chi connectivity index (χ2n) is 4.19. The summed E-state index contributed by atoms with van der Waals surface area (Å²) >= 11 is 6.40. The van der Waals surface area contributed by atoms with E-state index in [2.05, 4.69) is 31.2 Å². The molecule has 1 aliphatic carbocycles. The molecular weight excluding hydrogens is 192 g/mol. The molecule has 0 amide bonds. The third-order valence-corrected chi connectivity index (χ3v) is 3.88. The van der Waals surface area contributed by atoms with E-state index in [0.29, 0.717) is 0 Å². The molecule has 1 saturated carbocycles. The molecule has 1 unspecified atom stereocenters. The van der Waals surface area contributed by atoms with Gasteiger partial charge in [0.1, 0.15) is 0 Å². The fraction of sp³-hybridized carbons (Fsp3) is 0.538. The molecule has 0 radical (unpaired) electrons. The Kier molecular flexibility index (Phi) is 3.12. The summed E-state index contributed by atoms with van der Waals surface area (Å²) in [5, 5.41) is 0.245. The molecule has 0 spiro atoms. The number of rotatable bonds is 3. The molecule has 0 aliphatic heterocycles. The minimum Gasteiger partial charge on any atom is -0.118 e. The van der Waals surface area contributed by atoms with Gasteiger partial charge in [0.05, 0.1) is 5.38 Å². The lowest BCUT2D eigenvalue weighted by molar-refractivity contribution is 0.305. The molecule has 76 valence electrons. The third-order valence-electron chi connectivity index (χ3n) is 3.27. The summed E-state index contributed by atoms with van der Waals surface area (Å²) in [7, 11) is 0. The first-order chi connectivity index (χ1) is 6.81. The standard InChI is InChI=1S/C13H17Cl/c1-2-10-6-8-12(9-7-10)13(14)11-4-3-5-11/h6-9,11,13H,2-5H2,1H3. The van der Waals surface area contributed by atoms with E-state index in [1.54, 1.807) is 0 Å². The molecular formula is C13H17Cl. The molecule has 1 atom stereocenters. The largest absolute Gasteiger partial charge is 0.118 e. The maximum Gasteiger partial charge on any atom is 0.0613 e. The Bertz CT molecular complexity index is 285. The fourth-order valence-electron chi connectivity index (χ4n) is 1.94. The molecule has 1 fully saturated rings. The minimum absolute atomic E-state index is 0.245. The summed E-state index contributed by atoms with van der Waals surface area (Å²) in [4.78, 5) is 0. The molecule has 0 bridgehead atoms. The normalized spacial score (nSPS) is 19.0. The van der Waals surface area contributed by atoms with E-state index in [0.717, 1.165) is 12.3 Å². The molecule has 0 aromatic heterocycles. The molecule has 0 heterocycles. The second-order valence-corrected chi connectivity index (χ2v) is 4.66. The van der Waals surface area contributed by atoms with Crippen molar-refractivity contribution >= 4 is 11.6 Å². The van der Waals surface area contributed by atoms with Crippen molar-refractivity contribution in [3.63, 3.8) is 0 Å². The average Bonchev–Trinajstić information content (AvgIpc) is 2.15. The highest BCUT2D eigenvalue weighted by atomic mass is 35.5. The van der Waals surface area contributed by atoms with Crippen molar-refractivity contribution in [2.45, 2.75) is 38.0 Å². The van der Waals surface area contributed by atoms with Crippen LogP contribution in [-0.4, -0.2) is 0 Å². The second kappa shape index (κ2) is 4.35. The lowest BCUT2D eigenvalue weighted by Crippen LogP contribution is -2.16. The lowest BCUT2D eigenvalue weighted by Gasteiger charge is -2.30. The Labute approximate surface area is 91.3 Å². The van der Waals surface area contributed by atoms with Gasteiger partial charge in [-0.15, -0.1) is 11.6 Å². The maximum atomic E-state index is 6.40. The molecule has 1 aliphatic rings. The SMILES string of the molecule is CCc1ccc(C(Cl)C2CCC2)cc1. The number of alkyl halides is 1. The van der Waals surface area contributed by atoms with Crippen molar-refractivity contribution in [2.75, 3.05) is 0 Å². The van der Waals surface area contributed by atoms with Crippen LogP contribution in [0.15, 0.2) is 24.3 Å². The summed E-state index contributed by atoms with van der Waals surface area (Å²) in [6.45, 7) is 2.18. The zero-order valence-electron chi connectivity index (χ0n) is 8.67. The predicted molar refractivity (Wildman–Crippen MR) is 61.8 cm³/mol.